The largest absolute Gasteiger partial charge is 0.497 e. The van der Waals surface area contributed by atoms with Gasteiger partial charge < -0.3 is 9.15 Å². The molecule has 5 nitrogen and oxygen atoms in total. The third-order valence-corrected chi connectivity index (χ3v) is 4.72. The molecule has 0 spiro atoms. The number of methoxy groups -OCH3 is 1. The van der Waals surface area contributed by atoms with E-state index < -0.39 is 0 Å². The molecule has 6 heteroatoms. The van der Waals surface area contributed by atoms with Crippen molar-refractivity contribution in [1.82, 2.24) is 15.1 Å². The van der Waals surface area contributed by atoms with Gasteiger partial charge >= 0.3 is 0 Å². The van der Waals surface area contributed by atoms with Gasteiger partial charge in [-0.2, -0.15) is 0 Å². The highest BCUT2D eigenvalue weighted by atomic mass is 19.1. The van der Waals surface area contributed by atoms with Crippen LogP contribution in [0.25, 0.3) is 11.5 Å². The number of hydrogen-bond acceptors (Lipinski definition) is 5. The lowest BCUT2D eigenvalue weighted by Crippen LogP contribution is -2.19. The molecule has 0 saturated carbocycles. The quantitative estimate of drug-likeness (QED) is 0.697. The molecule has 26 heavy (non-hydrogen) atoms. The molecule has 1 atom stereocenters. The summed E-state index contributed by atoms with van der Waals surface area (Å²) < 4.78 is 24.1. The van der Waals surface area contributed by atoms with E-state index >= 15 is 0 Å². The first-order valence-electron chi connectivity index (χ1n) is 8.66. The van der Waals surface area contributed by atoms with E-state index in [1.54, 1.807) is 7.11 Å². The van der Waals surface area contributed by atoms with Crippen LogP contribution < -0.4 is 4.74 Å². The first-order chi connectivity index (χ1) is 12.7. The molecular formula is C20H20FN3O2. The molecule has 0 bridgehead atoms. The number of benzene rings is 2. The van der Waals surface area contributed by atoms with Crippen molar-refractivity contribution in [1.29, 1.82) is 0 Å². The summed E-state index contributed by atoms with van der Waals surface area (Å²) in [6, 6.07) is 14.2. The highest BCUT2D eigenvalue weighted by Crippen LogP contribution is 2.30. The highest BCUT2D eigenvalue weighted by molar-refractivity contribution is 5.54. The molecule has 1 aliphatic rings. The fraction of sp³-hybridized carbons (Fsp3) is 0.300. The van der Waals surface area contributed by atoms with Crippen LogP contribution in [-0.4, -0.2) is 35.3 Å². The lowest BCUT2D eigenvalue weighted by molar-refractivity contribution is 0.320. The van der Waals surface area contributed by atoms with Crippen LogP contribution in [0.4, 0.5) is 4.39 Å². The van der Waals surface area contributed by atoms with Crippen molar-refractivity contribution < 1.29 is 13.5 Å². The number of rotatable bonds is 5. The monoisotopic (exact) mass is 353 g/mol. The van der Waals surface area contributed by atoms with E-state index in [-0.39, 0.29) is 11.7 Å². The number of likely N-dealkylation sites (tertiary alicyclic amines) is 1. The normalized spacial score (nSPS) is 17.5. The van der Waals surface area contributed by atoms with E-state index in [4.69, 9.17) is 9.15 Å². The lowest BCUT2D eigenvalue weighted by Gasteiger charge is -2.15. The number of hydrogen-bond donors (Lipinski definition) is 0. The minimum Gasteiger partial charge on any atom is -0.497 e. The Morgan fingerprint density at radius 1 is 1.12 bits per heavy atom. The third-order valence-electron chi connectivity index (χ3n) is 4.72. The second kappa shape index (κ2) is 7.25. The van der Waals surface area contributed by atoms with Gasteiger partial charge in [-0.3, -0.25) is 4.90 Å². The number of halogens is 1. The van der Waals surface area contributed by atoms with Gasteiger partial charge in [0.25, 0.3) is 0 Å². The Bertz CT molecular complexity index is 862. The Kier molecular flexibility index (Phi) is 4.67. The van der Waals surface area contributed by atoms with Gasteiger partial charge in [0, 0.05) is 18.7 Å². The fourth-order valence-electron chi connectivity index (χ4n) is 3.28. The molecule has 2 heterocycles. The third kappa shape index (κ3) is 3.60. The van der Waals surface area contributed by atoms with Crippen molar-refractivity contribution in [3.8, 4) is 17.2 Å². The SMILES string of the molecule is COc1ccc(-c2nnc([C@H]3CCN(Cc4ccc(F)cc4)C3)o2)cc1. The van der Waals surface area contributed by atoms with Gasteiger partial charge in [-0.05, 0) is 54.9 Å². The molecule has 4 rings (SSSR count). The van der Waals surface area contributed by atoms with Crippen LogP contribution in [0.1, 0.15) is 23.8 Å². The summed E-state index contributed by atoms with van der Waals surface area (Å²) in [5, 5.41) is 8.43. The summed E-state index contributed by atoms with van der Waals surface area (Å²) in [6.45, 7) is 2.63. The van der Waals surface area contributed by atoms with Crippen LogP contribution >= 0.6 is 0 Å². The standard InChI is InChI=1S/C20H20FN3O2/c1-25-18-8-4-15(5-9-18)19-22-23-20(26-19)16-10-11-24(13-16)12-14-2-6-17(21)7-3-14/h2-9,16H,10-13H2,1H3/t16-/m0/s1. The van der Waals surface area contributed by atoms with Crippen LogP contribution in [0.2, 0.25) is 0 Å². The summed E-state index contributed by atoms with van der Waals surface area (Å²) in [6.07, 6.45) is 0.978. The number of ether oxygens (including phenoxy) is 1. The molecule has 1 fully saturated rings. The molecule has 0 N–H and O–H groups in total. The lowest BCUT2D eigenvalue weighted by atomic mass is 10.1. The van der Waals surface area contributed by atoms with Crippen molar-refractivity contribution in [2.45, 2.75) is 18.9 Å². The maximum Gasteiger partial charge on any atom is 0.247 e. The first kappa shape index (κ1) is 16.7. The molecule has 1 saturated heterocycles. The average molecular weight is 353 g/mol. The van der Waals surface area contributed by atoms with Gasteiger partial charge in [-0.1, -0.05) is 12.1 Å². The van der Waals surface area contributed by atoms with E-state index in [1.165, 1.54) is 12.1 Å². The summed E-state index contributed by atoms with van der Waals surface area (Å²) in [4.78, 5) is 2.33. The fourth-order valence-corrected chi connectivity index (χ4v) is 3.28. The minimum atomic E-state index is -0.204. The smallest absolute Gasteiger partial charge is 0.247 e. The Morgan fingerprint density at radius 2 is 1.88 bits per heavy atom. The van der Waals surface area contributed by atoms with E-state index in [0.717, 1.165) is 42.9 Å². The van der Waals surface area contributed by atoms with E-state index in [1.807, 2.05) is 36.4 Å². The number of aromatic nitrogens is 2. The van der Waals surface area contributed by atoms with Gasteiger partial charge in [0.05, 0.1) is 13.0 Å². The van der Waals surface area contributed by atoms with Gasteiger partial charge in [-0.15, -0.1) is 10.2 Å². The van der Waals surface area contributed by atoms with Crippen molar-refractivity contribution in [3.05, 3.63) is 65.8 Å². The van der Waals surface area contributed by atoms with Crippen LogP contribution in [0.5, 0.6) is 5.75 Å². The zero-order valence-corrected chi connectivity index (χ0v) is 14.6. The predicted molar refractivity (Wildman–Crippen MR) is 95.3 cm³/mol. The molecule has 0 amide bonds. The molecule has 0 radical (unpaired) electrons. The first-order valence-corrected chi connectivity index (χ1v) is 8.66. The predicted octanol–water partition coefficient (Wildman–Crippen LogP) is 3.87. The van der Waals surface area contributed by atoms with Gasteiger partial charge in [-0.25, -0.2) is 4.39 Å². The minimum absolute atomic E-state index is 0.204. The Labute approximate surface area is 151 Å². The van der Waals surface area contributed by atoms with Gasteiger partial charge in [0.15, 0.2) is 0 Å². The average Bonchev–Trinajstić information content (AvgIpc) is 3.33. The zero-order chi connectivity index (χ0) is 17.9. The van der Waals surface area contributed by atoms with Gasteiger partial charge in [0.1, 0.15) is 11.6 Å². The maximum atomic E-state index is 13.0. The molecule has 1 aromatic heterocycles. The van der Waals surface area contributed by atoms with Gasteiger partial charge in [0.2, 0.25) is 11.8 Å². The van der Waals surface area contributed by atoms with Crippen LogP contribution in [0.3, 0.4) is 0 Å². The van der Waals surface area contributed by atoms with E-state index in [2.05, 4.69) is 15.1 Å². The van der Waals surface area contributed by atoms with E-state index in [9.17, 15) is 4.39 Å². The van der Waals surface area contributed by atoms with Crippen molar-refractivity contribution in [2.75, 3.05) is 20.2 Å². The zero-order valence-electron chi connectivity index (χ0n) is 14.6. The Morgan fingerprint density at radius 3 is 2.62 bits per heavy atom. The molecule has 0 aliphatic carbocycles. The Hall–Kier alpha value is -2.73. The van der Waals surface area contributed by atoms with Crippen LogP contribution in [0.15, 0.2) is 52.9 Å². The van der Waals surface area contributed by atoms with E-state index in [0.29, 0.717) is 11.8 Å². The number of nitrogens with zero attached hydrogens (tertiary/aromatic N) is 3. The topological polar surface area (TPSA) is 51.4 Å². The molecule has 2 aromatic carbocycles. The molecule has 3 aromatic rings. The summed E-state index contributed by atoms with van der Waals surface area (Å²) in [5.41, 5.74) is 1.99. The van der Waals surface area contributed by atoms with Crippen molar-refractivity contribution in [3.63, 3.8) is 0 Å². The molecule has 134 valence electrons. The molecular weight excluding hydrogens is 333 g/mol. The highest BCUT2D eigenvalue weighted by Gasteiger charge is 2.28. The summed E-state index contributed by atoms with van der Waals surface area (Å²) in [5.74, 6) is 2.03. The second-order valence-electron chi connectivity index (χ2n) is 6.52. The molecule has 1 aliphatic heterocycles. The Balaban J connectivity index is 1.41. The van der Waals surface area contributed by atoms with Crippen LogP contribution in [-0.2, 0) is 6.54 Å². The van der Waals surface area contributed by atoms with Crippen LogP contribution in [0, 0.1) is 5.82 Å². The molecule has 0 unspecified atom stereocenters. The maximum absolute atomic E-state index is 13.0. The second-order valence-corrected chi connectivity index (χ2v) is 6.52. The summed E-state index contributed by atoms with van der Waals surface area (Å²) >= 11 is 0. The summed E-state index contributed by atoms with van der Waals surface area (Å²) in [7, 11) is 1.64. The van der Waals surface area contributed by atoms with Crippen molar-refractivity contribution in [2.24, 2.45) is 0 Å². The van der Waals surface area contributed by atoms with Crippen molar-refractivity contribution >= 4 is 0 Å².